The molecule has 0 aliphatic heterocycles. The van der Waals surface area contributed by atoms with Gasteiger partial charge in [-0.05, 0) is 46.2 Å². The number of aryl methyl sites for hydroxylation is 2. The van der Waals surface area contributed by atoms with E-state index in [9.17, 15) is 22.8 Å². The Kier molecular flexibility index (Phi) is 6.29. The highest BCUT2D eigenvalue weighted by Gasteiger charge is 2.41. The maximum absolute atomic E-state index is 14.4. The van der Waals surface area contributed by atoms with Gasteiger partial charge in [0.25, 0.3) is 5.91 Å². The third-order valence-electron chi connectivity index (χ3n) is 5.92. The molecule has 10 nitrogen and oxygen atoms in total. The summed E-state index contributed by atoms with van der Waals surface area (Å²) in [5, 5.41) is 1.88. The van der Waals surface area contributed by atoms with Gasteiger partial charge in [-0.1, -0.05) is 6.07 Å². The second-order valence-electron chi connectivity index (χ2n) is 9.82. The number of fused-ring (bicyclic) bond motifs is 3. The summed E-state index contributed by atoms with van der Waals surface area (Å²) in [5.41, 5.74) is 4.18. The number of primary amides is 1. The number of anilines is 1. The Morgan fingerprint density at radius 3 is 2.34 bits per heavy atom. The van der Waals surface area contributed by atoms with Gasteiger partial charge in [0.15, 0.2) is 11.3 Å². The largest absolute Gasteiger partial charge is 0.496 e. The quantitative estimate of drug-likeness (QED) is 0.381. The lowest BCUT2D eigenvalue weighted by atomic mass is 10.1. The molecule has 0 fully saturated rings. The van der Waals surface area contributed by atoms with E-state index in [-0.39, 0.29) is 22.5 Å². The lowest BCUT2D eigenvalue weighted by Gasteiger charge is -2.22. The zero-order chi connectivity index (χ0) is 28.3. The minimum atomic E-state index is -4.98. The zero-order valence-electron chi connectivity index (χ0n) is 21.9. The molecular formula is C25H27F3N6O4. The lowest BCUT2D eigenvalue weighted by Crippen LogP contribution is -2.29. The van der Waals surface area contributed by atoms with E-state index in [1.807, 2.05) is 0 Å². The molecule has 0 aliphatic carbocycles. The van der Waals surface area contributed by atoms with Crippen LogP contribution in [0.15, 0.2) is 18.5 Å². The second-order valence-corrected chi connectivity index (χ2v) is 9.82. The Labute approximate surface area is 215 Å². The SMILES string of the molecule is COc1ccc(C)c(-n2c(NC(=O)OC(C)(C)C)c(C(N)=O)c3c(C(F)(F)F)nc4c(ncn4C)c32)c1C. The smallest absolute Gasteiger partial charge is 0.434 e. The molecule has 38 heavy (non-hydrogen) atoms. The van der Waals surface area contributed by atoms with E-state index in [1.165, 1.54) is 29.6 Å². The van der Waals surface area contributed by atoms with Crippen molar-refractivity contribution in [3.8, 4) is 11.4 Å². The number of nitrogens with two attached hydrogens (primary N) is 1. The third-order valence-corrected chi connectivity index (χ3v) is 5.92. The number of methoxy groups -OCH3 is 1. The molecule has 0 atom stereocenters. The van der Waals surface area contributed by atoms with Crippen LogP contribution in [0.25, 0.3) is 27.8 Å². The van der Waals surface area contributed by atoms with Crippen molar-refractivity contribution in [2.45, 2.75) is 46.4 Å². The standard InChI is InChI=1S/C25H27F3N6O4/c1-11-8-9-13(37-7)12(2)17(11)34-18-14(15(20(29)35)21(34)32-23(36)38-24(3,4)5)19(25(26,27)28)31-22-16(18)30-10-33(22)6/h8-10H,1-7H3,(H2,29,35)(H,32,36). The number of alkyl halides is 3. The molecular weight excluding hydrogens is 505 g/mol. The summed E-state index contributed by atoms with van der Waals surface area (Å²) >= 11 is 0. The molecule has 202 valence electrons. The van der Waals surface area contributed by atoms with E-state index in [2.05, 4.69) is 15.3 Å². The van der Waals surface area contributed by atoms with Crippen LogP contribution >= 0.6 is 0 Å². The molecule has 0 saturated carbocycles. The maximum atomic E-state index is 14.4. The van der Waals surface area contributed by atoms with Crippen LogP contribution in [0.4, 0.5) is 23.8 Å². The number of imidazole rings is 1. The number of hydrogen-bond acceptors (Lipinski definition) is 6. The van der Waals surface area contributed by atoms with E-state index >= 15 is 0 Å². The fourth-order valence-electron chi connectivity index (χ4n) is 4.48. The number of halogens is 3. The van der Waals surface area contributed by atoms with E-state index in [0.29, 0.717) is 22.6 Å². The van der Waals surface area contributed by atoms with Crippen molar-refractivity contribution in [2.75, 3.05) is 12.4 Å². The van der Waals surface area contributed by atoms with E-state index in [0.717, 1.165) is 0 Å². The van der Waals surface area contributed by atoms with Gasteiger partial charge in [0.05, 0.1) is 30.2 Å². The van der Waals surface area contributed by atoms with Gasteiger partial charge < -0.3 is 19.8 Å². The number of rotatable bonds is 4. The average molecular weight is 533 g/mol. The fraction of sp³-hybridized carbons (Fsp3) is 0.360. The molecule has 3 N–H and O–H groups in total. The van der Waals surface area contributed by atoms with Crippen LogP contribution < -0.4 is 15.8 Å². The molecule has 0 spiro atoms. The molecule has 0 bridgehead atoms. The predicted octanol–water partition coefficient (Wildman–Crippen LogP) is 5.00. The minimum Gasteiger partial charge on any atom is -0.496 e. The molecule has 3 aromatic heterocycles. The van der Waals surface area contributed by atoms with E-state index in [4.69, 9.17) is 15.2 Å². The topological polar surface area (TPSA) is 126 Å². The molecule has 0 aliphatic rings. The van der Waals surface area contributed by atoms with E-state index < -0.39 is 40.4 Å². The summed E-state index contributed by atoms with van der Waals surface area (Å²) in [5.74, 6) is -1.09. The highest BCUT2D eigenvalue weighted by molar-refractivity contribution is 6.19. The molecule has 13 heteroatoms. The summed E-state index contributed by atoms with van der Waals surface area (Å²) in [4.78, 5) is 33.9. The number of pyridine rings is 1. The first-order chi connectivity index (χ1) is 17.6. The van der Waals surface area contributed by atoms with Crippen LogP contribution in [0.1, 0.15) is 48.0 Å². The first-order valence-corrected chi connectivity index (χ1v) is 11.5. The van der Waals surface area contributed by atoms with Crippen molar-refractivity contribution in [3.05, 3.63) is 40.8 Å². The Morgan fingerprint density at radius 1 is 1.13 bits per heavy atom. The minimum absolute atomic E-state index is 0.0665. The molecule has 0 saturated heterocycles. The fourth-order valence-corrected chi connectivity index (χ4v) is 4.48. The van der Waals surface area contributed by atoms with E-state index in [1.54, 1.807) is 46.8 Å². The molecule has 2 amide bonds. The first kappa shape index (κ1) is 26.8. The van der Waals surface area contributed by atoms with Crippen LogP contribution in [0.3, 0.4) is 0 Å². The van der Waals surface area contributed by atoms with Gasteiger partial charge in [0, 0.05) is 18.0 Å². The third kappa shape index (κ3) is 4.37. The molecule has 3 heterocycles. The monoisotopic (exact) mass is 532 g/mol. The van der Waals surface area contributed by atoms with Gasteiger partial charge in [-0.15, -0.1) is 0 Å². The summed E-state index contributed by atoms with van der Waals surface area (Å²) in [6.45, 7) is 8.30. The Bertz CT molecular complexity index is 1610. The van der Waals surface area contributed by atoms with Crippen LogP contribution in [0.2, 0.25) is 0 Å². The number of amides is 2. The highest BCUT2D eigenvalue weighted by atomic mass is 19.4. The van der Waals surface area contributed by atoms with Gasteiger partial charge in [-0.2, -0.15) is 13.2 Å². The zero-order valence-corrected chi connectivity index (χ0v) is 21.9. The van der Waals surface area contributed by atoms with Gasteiger partial charge in [-0.25, -0.2) is 14.8 Å². The van der Waals surface area contributed by atoms with Gasteiger partial charge in [-0.3, -0.25) is 14.7 Å². The Hall–Kier alpha value is -4.29. The summed E-state index contributed by atoms with van der Waals surface area (Å²) in [6.07, 6.45) is -4.67. The molecule has 4 aromatic rings. The number of hydrogen-bond donors (Lipinski definition) is 2. The molecule has 4 rings (SSSR count). The number of benzene rings is 1. The Morgan fingerprint density at radius 2 is 1.79 bits per heavy atom. The van der Waals surface area contributed by atoms with Gasteiger partial charge in [0.2, 0.25) is 0 Å². The van der Waals surface area contributed by atoms with Crippen molar-refractivity contribution in [3.63, 3.8) is 0 Å². The summed E-state index contributed by atoms with van der Waals surface area (Å²) < 4.78 is 56.8. The van der Waals surface area contributed by atoms with Crippen LogP contribution in [0.5, 0.6) is 5.75 Å². The number of nitrogens with zero attached hydrogens (tertiary/aromatic N) is 4. The van der Waals surface area contributed by atoms with Crippen LogP contribution in [-0.4, -0.2) is 43.8 Å². The van der Waals surface area contributed by atoms with Crippen molar-refractivity contribution in [1.82, 2.24) is 19.1 Å². The van der Waals surface area contributed by atoms with Crippen molar-refractivity contribution >= 4 is 39.9 Å². The summed E-state index contributed by atoms with van der Waals surface area (Å²) in [7, 11) is 2.95. The van der Waals surface area contributed by atoms with Gasteiger partial charge >= 0.3 is 12.3 Å². The molecule has 1 aromatic carbocycles. The van der Waals surface area contributed by atoms with Crippen LogP contribution in [-0.2, 0) is 18.0 Å². The van der Waals surface area contributed by atoms with Gasteiger partial charge in [0.1, 0.15) is 22.7 Å². The number of carbonyl (C=O) groups is 2. The normalized spacial score (nSPS) is 12.3. The number of nitrogens with one attached hydrogen (secondary N) is 1. The first-order valence-electron chi connectivity index (χ1n) is 11.5. The molecule has 0 unspecified atom stereocenters. The van der Waals surface area contributed by atoms with Crippen LogP contribution in [0, 0.1) is 13.8 Å². The predicted molar refractivity (Wildman–Crippen MR) is 135 cm³/mol. The second kappa shape index (κ2) is 8.92. The number of carbonyl (C=O) groups excluding carboxylic acids is 2. The maximum Gasteiger partial charge on any atom is 0.434 e. The highest BCUT2D eigenvalue weighted by Crippen LogP contribution is 2.45. The van der Waals surface area contributed by atoms with Crippen molar-refractivity contribution < 1.29 is 32.2 Å². The number of ether oxygens (including phenoxy) is 2. The average Bonchev–Trinajstić information content (AvgIpc) is 3.29. The summed E-state index contributed by atoms with van der Waals surface area (Å²) in [6, 6.07) is 3.41. The number of aromatic nitrogens is 4. The van der Waals surface area contributed by atoms with Crippen molar-refractivity contribution in [1.29, 1.82) is 0 Å². The Balaban J connectivity index is 2.30. The van der Waals surface area contributed by atoms with Crippen molar-refractivity contribution in [2.24, 2.45) is 12.8 Å². The molecule has 0 radical (unpaired) electrons. The lowest BCUT2D eigenvalue weighted by molar-refractivity contribution is -0.139.